The predicted octanol–water partition coefficient (Wildman–Crippen LogP) is 2.96. The van der Waals surface area contributed by atoms with Crippen LogP contribution in [0, 0.1) is 6.92 Å². The minimum absolute atomic E-state index is 0.0246. The van der Waals surface area contributed by atoms with Crippen molar-refractivity contribution in [1.29, 1.82) is 0 Å². The average Bonchev–Trinajstić information content (AvgIpc) is 3.29. The molecule has 0 unspecified atom stereocenters. The number of carbonyl (C=O) groups excluding carboxylic acids is 1. The molecular weight excluding hydrogens is 396 g/mol. The first-order chi connectivity index (χ1) is 13.4. The zero-order chi connectivity index (χ0) is 20.3. The lowest BCUT2D eigenvalue weighted by Crippen LogP contribution is -2.37. The highest BCUT2D eigenvalue weighted by atomic mass is 32.2. The van der Waals surface area contributed by atoms with Gasteiger partial charge in [0.25, 0.3) is 0 Å². The van der Waals surface area contributed by atoms with Crippen LogP contribution < -0.4 is 0 Å². The van der Waals surface area contributed by atoms with Crippen LogP contribution in [0.4, 0.5) is 0 Å². The molecule has 3 rings (SSSR count). The molecule has 0 spiro atoms. The summed E-state index contributed by atoms with van der Waals surface area (Å²) in [6.07, 6.45) is 4.79. The minimum atomic E-state index is -3.60. The molecule has 0 N–H and O–H groups in total. The number of sulfonamides is 1. The van der Waals surface area contributed by atoms with Crippen molar-refractivity contribution in [3.8, 4) is 10.7 Å². The Morgan fingerprint density at radius 2 is 1.89 bits per heavy atom. The third-order valence-electron chi connectivity index (χ3n) is 5.07. The highest BCUT2D eigenvalue weighted by Crippen LogP contribution is 2.29. The minimum Gasteiger partial charge on any atom is -0.341 e. The first kappa shape index (κ1) is 21.0. The van der Waals surface area contributed by atoms with Crippen LogP contribution in [0.15, 0.2) is 22.5 Å². The van der Waals surface area contributed by atoms with Crippen molar-refractivity contribution < 1.29 is 13.2 Å². The molecule has 1 aliphatic heterocycles. The number of likely N-dealkylation sites (tertiary alicyclic amines) is 1. The van der Waals surface area contributed by atoms with Gasteiger partial charge in [-0.05, 0) is 32.3 Å². The van der Waals surface area contributed by atoms with Crippen LogP contribution in [-0.4, -0.2) is 59.3 Å². The predicted molar refractivity (Wildman–Crippen MR) is 111 cm³/mol. The molecule has 0 bridgehead atoms. The molecule has 28 heavy (non-hydrogen) atoms. The van der Waals surface area contributed by atoms with Gasteiger partial charge in [0.05, 0.1) is 5.69 Å². The number of hydrogen-bond acceptors (Lipinski definition) is 5. The maximum atomic E-state index is 13.0. The van der Waals surface area contributed by atoms with Gasteiger partial charge in [0.2, 0.25) is 15.9 Å². The fourth-order valence-corrected chi connectivity index (χ4v) is 5.84. The molecule has 0 atom stereocenters. The fourth-order valence-electron chi connectivity index (χ4n) is 3.51. The van der Waals surface area contributed by atoms with E-state index in [1.165, 1.54) is 15.6 Å². The molecule has 2 aromatic heterocycles. The van der Waals surface area contributed by atoms with Gasteiger partial charge in [0.15, 0.2) is 0 Å². The highest BCUT2D eigenvalue weighted by molar-refractivity contribution is 7.89. The molecule has 0 saturated carbocycles. The van der Waals surface area contributed by atoms with E-state index in [4.69, 9.17) is 0 Å². The number of hydrogen-bond donors (Lipinski definition) is 0. The zero-order valence-corrected chi connectivity index (χ0v) is 18.4. The third-order valence-corrected chi connectivity index (χ3v) is 8.07. The van der Waals surface area contributed by atoms with Crippen LogP contribution >= 0.6 is 11.3 Å². The van der Waals surface area contributed by atoms with Gasteiger partial charge in [-0.3, -0.25) is 4.79 Å². The van der Waals surface area contributed by atoms with Gasteiger partial charge in [-0.1, -0.05) is 13.8 Å². The first-order valence-electron chi connectivity index (χ1n) is 9.77. The van der Waals surface area contributed by atoms with Crippen molar-refractivity contribution in [3.63, 3.8) is 0 Å². The van der Waals surface area contributed by atoms with Gasteiger partial charge in [-0.2, -0.15) is 4.31 Å². The summed E-state index contributed by atoms with van der Waals surface area (Å²) in [6.45, 7) is 8.03. The summed E-state index contributed by atoms with van der Waals surface area (Å²) in [5, 5.41) is 2.66. The van der Waals surface area contributed by atoms with E-state index < -0.39 is 10.0 Å². The maximum absolute atomic E-state index is 13.0. The Balaban J connectivity index is 1.97. The van der Waals surface area contributed by atoms with Crippen molar-refractivity contribution in [2.24, 2.45) is 0 Å². The number of aromatic nitrogens is 2. The van der Waals surface area contributed by atoms with E-state index in [1.54, 1.807) is 16.8 Å². The quantitative estimate of drug-likeness (QED) is 0.685. The van der Waals surface area contributed by atoms with Gasteiger partial charge < -0.3 is 9.47 Å². The Bertz CT molecular complexity index is 923. The van der Waals surface area contributed by atoms with Crippen molar-refractivity contribution in [3.05, 3.63) is 23.3 Å². The molecule has 0 aliphatic carbocycles. The van der Waals surface area contributed by atoms with E-state index in [2.05, 4.69) is 4.98 Å². The Morgan fingerprint density at radius 1 is 1.21 bits per heavy atom. The lowest BCUT2D eigenvalue weighted by molar-refractivity contribution is -0.132. The largest absolute Gasteiger partial charge is 0.341 e. The number of thiazole rings is 1. The summed E-state index contributed by atoms with van der Waals surface area (Å²) in [4.78, 5) is 19.4. The molecular formula is C19H28N4O3S2. The summed E-state index contributed by atoms with van der Waals surface area (Å²) in [5.74, 6) is 0.0246. The molecule has 3 heterocycles. The van der Waals surface area contributed by atoms with Crippen LogP contribution in [0.2, 0.25) is 0 Å². The van der Waals surface area contributed by atoms with Gasteiger partial charge in [0.1, 0.15) is 16.4 Å². The first-order valence-corrected chi connectivity index (χ1v) is 12.1. The molecule has 0 aromatic carbocycles. The number of piperidine rings is 1. The second-order valence-corrected chi connectivity index (χ2v) is 9.81. The Labute approximate surface area is 171 Å². The zero-order valence-electron chi connectivity index (χ0n) is 16.7. The van der Waals surface area contributed by atoms with Gasteiger partial charge in [-0.15, -0.1) is 11.3 Å². The molecule has 1 amide bonds. The van der Waals surface area contributed by atoms with Crippen LogP contribution in [0.1, 0.15) is 38.8 Å². The fraction of sp³-hybridized carbons (Fsp3) is 0.579. The lowest BCUT2D eigenvalue weighted by Gasteiger charge is -2.27. The summed E-state index contributed by atoms with van der Waals surface area (Å²) in [7, 11) is -3.60. The highest BCUT2D eigenvalue weighted by Gasteiger charge is 2.27. The smallest absolute Gasteiger partial charge is 0.244 e. The Kier molecular flexibility index (Phi) is 6.57. The van der Waals surface area contributed by atoms with Gasteiger partial charge >= 0.3 is 0 Å². The summed E-state index contributed by atoms with van der Waals surface area (Å²) < 4.78 is 29.1. The Hall–Kier alpha value is -1.71. The molecule has 1 fully saturated rings. The van der Waals surface area contributed by atoms with E-state index in [-0.39, 0.29) is 17.3 Å². The molecule has 1 aliphatic rings. The topological polar surface area (TPSA) is 75.5 Å². The molecule has 0 radical (unpaired) electrons. The number of nitrogens with zero attached hydrogens (tertiary/aromatic N) is 4. The van der Waals surface area contributed by atoms with Gasteiger partial charge in [-0.25, -0.2) is 13.4 Å². The van der Waals surface area contributed by atoms with Crippen LogP contribution in [-0.2, 0) is 21.4 Å². The molecule has 2 aromatic rings. The average molecular weight is 425 g/mol. The number of amides is 1. The van der Waals surface area contributed by atoms with Crippen molar-refractivity contribution in [1.82, 2.24) is 18.8 Å². The van der Waals surface area contributed by atoms with E-state index in [0.29, 0.717) is 18.8 Å². The SMILES string of the molecule is CCN(CC)S(=O)(=O)c1cc(-c2nc(C)cs2)n(CC(=O)N2CCCCC2)c1. The van der Waals surface area contributed by atoms with E-state index in [0.717, 1.165) is 43.1 Å². The number of carbonyl (C=O) groups is 1. The lowest BCUT2D eigenvalue weighted by atomic mass is 10.1. The number of rotatable bonds is 7. The summed E-state index contributed by atoms with van der Waals surface area (Å²) in [5.41, 5.74) is 1.55. The monoisotopic (exact) mass is 424 g/mol. The summed E-state index contributed by atoms with van der Waals surface area (Å²) >= 11 is 1.46. The van der Waals surface area contributed by atoms with E-state index >= 15 is 0 Å². The van der Waals surface area contributed by atoms with Crippen molar-refractivity contribution in [2.75, 3.05) is 26.2 Å². The van der Waals surface area contributed by atoms with E-state index in [1.807, 2.05) is 31.1 Å². The van der Waals surface area contributed by atoms with Crippen LogP contribution in [0.5, 0.6) is 0 Å². The molecule has 154 valence electrons. The van der Waals surface area contributed by atoms with Crippen LogP contribution in [0.3, 0.4) is 0 Å². The normalized spacial score (nSPS) is 15.4. The third kappa shape index (κ3) is 4.31. The van der Waals surface area contributed by atoms with Gasteiger partial charge in [0, 0.05) is 43.4 Å². The van der Waals surface area contributed by atoms with Crippen LogP contribution in [0.25, 0.3) is 10.7 Å². The second kappa shape index (κ2) is 8.75. The molecule has 1 saturated heterocycles. The van der Waals surface area contributed by atoms with Crippen molar-refractivity contribution in [2.45, 2.75) is 51.5 Å². The van der Waals surface area contributed by atoms with Crippen molar-refractivity contribution >= 4 is 27.3 Å². The Morgan fingerprint density at radius 3 is 2.46 bits per heavy atom. The molecule has 7 nitrogen and oxygen atoms in total. The standard InChI is InChI=1S/C19H28N4O3S2/c1-4-23(5-2)28(25,26)16-11-17(19-20-15(3)14-27-19)22(12-16)13-18(24)21-9-7-6-8-10-21/h11-12,14H,4-10,13H2,1-3H3. The number of aryl methyl sites for hydroxylation is 1. The second-order valence-electron chi connectivity index (χ2n) is 7.01. The van der Waals surface area contributed by atoms with E-state index in [9.17, 15) is 13.2 Å². The summed E-state index contributed by atoms with van der Waals surface area (Å²) in [6, 6.07) is 1.65. The molecule has 9 heteroatoms. The maximum Gasteiger partial charge on any atom is 0.244 e.